The molecule has 178 valence electrons. The maximum absolute atomic E-state index is 13.5. The smallest absolute Gasteiger partial charge is 0.255 e. The van der Waals surface area contributed by atoms with Crippen LogP contribution in [0.1, 0.15) is 57.6 Å². The van der Waals surface area contributed by atoms with Crippen LogP contribution in [0.25, 0.3) is 0 Å². The molecule has 1 unspecified atom stereocenters. The lowest BCUT2D eigenvalue weighted by molar-refractivity contribution is 0.0697. The molecule has 0 N–H and O–H groups in total. The van der Waals surface area contributed by atoms with Crippen molar-refractivity contribution in [1.29, 1.82) is 0 Å². The lowest BCUT2D eigenvalue weighted by atomic mass is 9.97. The maximum Gasteiger partial charge on any atom is 0.255 e. The van der Waals surface area contributed by atoms with Crippen LogP contribution in [-0.4, -0.2) is 33.9 Å². The minimum atomic E-state index is -0.276. The molecule has 1 atom stereocenters. The number of amides is 1. The average molecular weight is 474 g/mol. The van der Waals surface area contributed by atoms with Gasteiger partial charge in [0.25, 0.3) is 5.91 Å². The quantitative estimate of drug-likeness (QED) is 0.369. The number of benzene rings is 2. The van der Waals surface area contributed by atoms with Crippen LogP contribution in [0.5, 0.6) is 0 Å². The van der Waals surface area contributed by atoms with Crippen LogP contribution in [0.4, 0.5) is 8.78 Å². The number of carbonyl (C=O) groups excluding carboxylic acids is 1. The number of nitrogens with zero attached hydrogens (tertiary/aromatic N) is 3. The van der Waals surface area contributed by atoms with E-state index in [0.29, 0.717) is 43.1 Å². The van der Waals surface area contributed by atoms with Crippen molar-refractivity contribution in [2.45, 2.75) is 31.6 Å². The first kappa shape index (κ1) is 22.9. The second-order valence-corrected chi connectivity index (χ2v) is 8.90. The molecule has 0 bridgehead atoms. The van der Waals surface area contributed by atoms with Crippen molar-refractivity contribution in [3.05, 3.63) is 119 Å². The van der Waals surface area contributed by atoms with Gasteiger partial charge in [-0.15, -0.1) is 0 Å². The predicted molar refractivity (Wildman–Crippen MR) is 127 cm³/mol. The summed E-state index contributed by atoms with van der Waals surface area (Å²) < 4.78 is 32.5. The maximum atomic E-state index is 13.5. The summed E-state index contributed by atoms with van der Waals surface area (Å²) in [5.41, 5.74) is 3.13. The zero-order valence-electron chi connectivity index (χ0n) is 19.2. The molecule has 1 aliphatic heterocycles. The first-order valence-electron chi connectivity index (χ1n) is 11.7. The van der Waals surface area contributed by atoms with E-state index in [2.05, 4.69) is 9.97 Å². The summed E-state index contributed by atoms with van der Waals surface area (Å²) in [5, 5.41) is 0. The van der Waals surface area contributed by atoms with E-state index in [0.717, 1.165) is 29.7 Å². The SMILES string of the molecule is O=C(c1ccc(Cc2ccc(F)cc2)nc1)N1CCCC(c2ncc(Cc3cccc(F)c3)o2)C1. The van der Waals surface area contributed by atoms with Crippen LogP contribution in [0.2, 0.25) is 0 Å². The molecule has 5 nitrogen and oxygen atoms in total. The third kappa shape index (κ3) is 5.62. The number of halogens is 2. The molecule has 7 heteroatoms. The fourth-order valence-corrected chi connectivity index (χ4v) is 4.45. The standard InChI is InChI=1S/C28H25F2N3O2/c29-23-9-6-19(7-10-23)14-25-11-8-21(16-31-25)28(34)33-12-2-4-22(18-33)27-32-17-26(35-27)15-20-3-1-5-24(30)13-20/h1,3,5-11,13,16-17,22H,2,4,12,14-15,18H2. The summed E-state index contributed by atoms with van der Waals surface area (Å²) in [6, 6.07) is 16.4. The van der Waals surface area contributed by atoms with E-state index < -0.39 is 0 Å². The second kappa shape index (κ2) is 10.2. The van der Waals surface area contributed by atoms with E-state index in [4.69, 9.17) is 4.42 Å². The van der Waals surface area contributed by atoms with Gasteiger partial charge in [-0.3, -0.25) is 9.78 Å². The summed E-state index contributed by atoms with van der Waals surface area (Å²) in [6.07, 6.45) is 6.07. The molecule has 0 aliphatic carbocycles. The normalized spacial score (nSPS) is 15.8. The average Bonchev–Trinajstić information content (AvgIpc) is 3.34. The number of rotatable bonds is 6. The molecule has 2 aromatic carbocycles. The molecular weight excluding hydrogens is 448 g/mol. The Hall–Kier alpha value is -3.87. The Bertz CT molecular complexity index is 1300. The highest BCUT2D eigenvalue weighted by atomic mass is 19.1. The molecule has 0 radical (unpaired) electrons. The van der Waals surface area contributed by atoms with Crippen molar-refractivity contribution in [2.75, 3.05) is 13.1 Å². The minimum absolute atomic E-state index is 0.0136. The van der Waals surface area contributed by atoms with Crippen molar-refractivity contribution in [1.82, 2.24) is 14.9 Å². The first-order valence-corrected chi connectivity index (χ1v) is 11.7. The summed E-state index contributed by atoms with van der Waals surface area (Å²) >= 11 is 0. The lowest BCUT2D eigenvalue weighted by Crippen LogP contribution is -2.39. The van der Waals surface area contributed by atoms with Crippen molar-refractivity contribution in [3.63, 3.8) is 0 Å². The Labute approximate surface area is 202 Å². The van der Waals surface area contributed by atoms with Gasteiger partial charge in [-0.25, -0.2) is 13.8 Å². The predicted octanol–water partition coefficient (Wildman–Crippen LogP) is 5.55. The molecule has 1 saturated heterocycles. The molecule has 1 fully saturated rings. The van der Waals surface area contributed by atoms with Crippen molar-refractivity contribution < 1.29 is 18.0 Å². The summed E-state index contributed by atoms with van der Waals surface area (Å²) in [5.74, 6) is 0.690. The van der Waals surface area contributed by atoms with E-state index in [9.17, 15) is 13.6 Å². The van der Waals surface area contributed by atoms with E-state index in [1.54, 1.807) is 36.7 Å². The molecule has 3 heterocycles. The van der Waals surface area contributed by atoms with Crippen LogP contribution >= 0.6 is 0 Å². The molecular formula is C28H25F2N3O2. The third-order valence-electron chi connectivity index (χ3n) is 6.27. The number of piperidine rings is 1. The van der Waals surface area contributed by atoms with Crippen LogP contribution in [-0.2, 0) is 12.8 Å². The van der Waals surface area contributed by atoms with Crippen molar-refractivity contribution >= 4 is 5.91 Å². The fraction of sp³-hybridized carbons (Fsp3) is 0.250. The molecule has 1 amide bonds. The van der Waals surface area contributed by atoms with Gasteiger partial charge in [0.15, 0.2) is 5.89 Å². The van der Waals surface area contributed by atoms with Gasteiger partial charge in [-0.1, -0.05) is 24.3 Å². The number of carbonyl (C=O) groups is 1. The van der Waals surface area contributed by atoms with Gasteiger partial charge >= 0.3 is 0 Å². The zero-order valence-corrected chi connectivity index (χ0v) is 19.2. The molecule has 5 rings (SSSR count). The highest BCUT2D eigenvalue weighted by Crippen LogP contribution is 2.28. The lowest BCUT2D eigenvalue weighted by Gasteiger charge is -2.31. The van der Waals surface area contributed by atoms with E-state index >= 15 is 0 Å². The fourth-order valence-electron chi connectivity index (χ4n) is 4.45. The molecule has 0 saturated carbocycles. The number of aromatic nitrogens is 2. The van der Waals surface area contributed by atoms with Crippen LogP contribution < -0.4 is 0 Å². The van der Waals surface area contributed by atoms with Gasteiger partial charge in [-0.05, 0) is 60.4 Å². The number of likely N-dealkylation sites (tertiary alicyclic amines) is 1. The number of hydrogen-bond donors (Lipinski definition) is 0. The van der Waals surface area contributed by atoms with Crippen molar-refractivity contribution in [2.24, 2.45) is 0 Å². The third-order valence-corrected chi connectivity index (χ3v) is 6.27. The van der Waals surface area contributed by atoms with Gasteiger partial charge in [-0.2, -0.15) is 0 Å². The van der Waals surface area contributed by atoms with Gasteiger partial charge in [0, 0.05) is 37.8 Å². The van der Waals surface area contributed by atoms with Gasteiger partial charge in [0.1, 0.15) is 17.4 Å². The Morgan fingerprint density at radius 3 is 2.57 bits per heavy atom. The van der Waals surface area contributed by atoms with Crippen LogP contribution in [0.3, 0.4) is 0 Å². The Morgan fingerprint density at radius 2 is 1.80 bits per heavy atom. The largest absolute Gasteiger partial charge is 0.445 e. The summed E-state index contributed by atoms with van der Waals surface area (Å²) in [7, 11) is 0. The number of pyridine rings is 1. The number of hydrogen-bond acceptors (Lipinski definition) is 4. The molecule has 35 heavy (non-hydrogen) atoms. The number of oxazole rings is 1. The highest BCUT2D eigenvalue weighted by molar-refractivity contribution is 5.94. The van der Waals surface area contributed by atoms with E-state index in [1.807, 2.05) is 17.0 Å². The van der Waals surface area contributed by atoms with Crippen LogP contribution in [0, 0.1) is 11.6 Å². The summed E-state index contributed by atoms with van der Waals surface area (Å²) in [6.45, 7) is 1.19. The molecule has 2 aromatic heterocycles. The second-order valence-electron chi connectivity index (χ2n) is 8.90. The minimum Gasteiger partial charge on any atom is -0.445 e. The van der Waals surface area contributed by atoms with Gasteiger partial charge < -0.3 is 9.32 Å². The molecule has 1 aliphatic rings. The van der Waals surface area contributed by atoms with Crippen LogP contribution in [0.15, 0.2) is 77.5 Å². The Kier molecular flexibility index (Phi) is 6.66. The van der Waals surface area contributed by atoms with Crippen molar-refractivity contribution in [3.8, 4) is 0 Å². The van der Waals surface area contributed by atoms with Gasteiger partial charge in [0.2, 0.25) is 0 Å². The van der Waals surface area contributed by atoms with E-state index in [1.165, 1.54) is 24.3 Å². The summed E-state index contributed by atoms with van der Waals surface area (Å²) in [4.78, 5) is 23.8. The van der Waals surface area contributed by atoms with Gasteiger partial charge in [0.05, 0.1) is 17.7 Å². The highest BCUT2D eigenvalue weighted by Gasteiger charge is 2.28. The Balaban J connectivity index is 1.21. The van der Waals surface area contributed by atoms with E-state index in [-0.39, 0.29) is 23.5 Å². The molecule has 4 aromatic rings. The first-order chi connectivity index (χ1) is 17.0. The Morgan fingerprint density at radius 1 is 0.943 bits per heavy atom. The monoisotopic (exact) mass is 473 g/mol. The topological polar surface area (TPSA) is 59.2 Å². The zero-order chi connectivity index (χ0) is 24.2. The molecule has 0 spiro atoms.